The Morgan fingerprint density at radius 2 is 1.38 bits per heavy atom. The normalized spacial score (nSPS) is 18.1. The predicted molar refractivity (Wildman–Crippen MR) is 77.2 cm³/mol. The van der Waals surface area contributed by atoms with Gasteiger partial charge in [-0.05, 0) is 30.8 Å². The van der Waals surface area contributed by atoms with E-state index in [1.807, 2.05) is 7.05 Å². The highest BCUT2D eigenvalue weighted by atomic mass is 19.4. The zero-order valence-corrected chi connectivity index (χ0v) is 13.1. The smallest absolute Gasteiger partial charge is 0.304 e. The Kier molecular flexibility index (Phi) is 5.77. The second-order valence-electron chi connectivity index (χ2n) is 5.92. The van der Waals surface area contributed by atoms with Crippen LogP contribution >= 0.6 is 0 Å². The van der Waals surface area contributed by atoms with Crippen molar-refractivity contribution in [2.24, 2.45) is 0 Å². The molecule has 1 aliphatic rings. The maximum absolute atomic E-state index is 12.8. The molecule has 1 fully saturated rings. The van der Waals surface area contributed by atoms with E-state index in [1.54, 1.807) is 0 Å². The molecule has 0 saturated carbocycles. The summed E-state index contributed by atoms with van der Waals surface area (Å²) in [5.74, 6) is 0. The summed E-state index contributed by atoms with van der Waals surface area (Å²) in [6.45, 7) is 3.73. The van der Waals surface area contributed by atoms with Crippen molar-refractivity contribution in [3.05, 3.63) is 34.9 Å². The summed E-state index contributed by atoms with van der Waals surface area (Å²) in [5, 5.41) is 2.92. The number of likely N-dealkylation sites (N-methyl/N-ethyl adjacent to an activating group) is 1. The zero-order chi connectivity index (χ0) is 18.0. The van der Waals surface area contributed by atoms with Gasteiger partial charge in [-0.1, -0.05) is 0 Å². The third kappa shape index (κ3) is 5.35. The van der Waals surface area contributed by atoms with E-state index in [0.717, 1.165) is 38.3 Å². The van der Waals surface area contributed by atoms with Crippen molar-refractivity contribution in [2.45, 2.75) is 18.9 Å². The monoisotopic (exact) mass is 355 g/mol. The molecular weight excluding hydrogens is 336 g/mol. The van der Waals surface area contributed by atoms with Crippen LogP contribution in [-0.4, -0.2) is 49.7 Å². The summed E-state index contributed by atoms with van der Waals surface area (Å²) in [6.07, 6.45) is -9.62. The molecule has 0 atom stereocenters. The highest BCUT2D eigenvalue weighted by Gasteiger charge is 2.36. The van der Waals surface area contributed by atoms with Crippen LogP contribution in [0.5, 0.6) is 0 Å². The van der Waals surface area contributed by atoms with Crippen LogP contribution in [0.15, 0.2) is 18.2 Å². The van der Waals surface area contributed by atoms with Crippen molar-refractivity contribution in [1.82, 2.24) is 15.1 Å². The molecule has 0 radical (unpaired) electrons. The quantitative estimate of drug-likeness (QED) is 0.838. The number of rotatable bonds is 4. The second-order valence-corrected chi connectivity index (χ2v) is 5.92. The lowest BCUT2D eigenvalue weighted by Gasteiger charge is -2.32. The van der Waals surface area contributed by atoms with Crippen molar-refractivity contribution in [3.8, 4) is 0 Å². The van der Waals surface area contributed by atoms with Gasteiger partial charge in [0.15, 0.2) is 0 Å². The Morgan fingerprint density at radius 3 is 1.83 bits per heavy atom. The summed E-state index contributed by atoms with van der Waals surface area (Å²) in [7, 11) is 1.99. The van der Waals surface area contributed by atoms with Gasteiger partial charge in [-0.15, -0.1) is 0 Å². The first-order chi connectivity index (χ1) is 11.1. The van der Waals surface area contributed by atoms with Crippen LogP contribution in [-0.2, 0) is 18.9 Å². The van der Waals surface area contributed by atoms with E-state index in [-0.39, 0.29) is 18.2 Å². The summed E-state index contributed by atoms with van der Waals surface area (Å²) >= 11 is 0. The van der Waals surface area contributed by atoms with Crippen LogP contribution < -0.4 is 5.32 Å². The molecule has 1 aromatic rings. The van der Waals surface area contributed by atoms with Gasteiger partial charge in [-0.25, -0.2) is 0 Å². The molecule has 9 heteroatoms. The average Bonchev–Trinajstić information content (AvgIpc) is 2.47. The summed E-state index contributed by atoms with van der Waals surface area (Å²) in [5.41, 5.74) is -2.60. The molecule has 2 rings (SSSR count). The lowest BCUT2D eigenvalue weighted by molar-refractivity contribution is -0.143. The molecule has 1 N–H and O–H groups in total. The first kappa shape index (κ1) is 19.0. The average molecular weight is 355 g/mol. The van der Waals surface area contributed by atoms with E-state index in [4.69, 9.17) is 0 Å². The lowest BCUT2D eigenvalue weighted by Crippen LogP contribution is -2.47. The molecule has 3 nitrogen and oxygen atoms in total. The Hall–Kier alpha value is -1.32. The van der Waals surface area contributed by atoms with Crippen LogP contribution in [0.2, 0.25) is 0 Å². The molecule has 136 valence electrons. The summed E-state index contributed by atoms with van der Waals surface area (Å²) in [6, 6.07) is 1.66. The van der Waals surface area contributed by atoms with E-state index in [1.165, 1.54) is 0 Å². The standard InChI is InChI=1S/C15H19F6N3/c1-23-2-4-24(5-3-23)10-22-9-11-6-12(14(16,17)18)8-13(7-11)15(19,20)21/h6-8,22H,2-5,9-10H2,1H3. The minimum Gasteiger partial charge on any atom is -0.304 e. The van der Waals surface area contributed by atoms with Gasteiger partial charge in [0.25, 0.3) is 0 Å². The van der Waals surface area contributed by atoms with Crippen molar-refractivity contribution in [1.29, 1.82) is 0 Å². The Labute approximate surface area is 136 Å². The number of benzene rings is 1. The van der Waals surface area contributed by atoms with Crippen molar-refractivity contribution < 1.29 is 26.3 Å². The maximum Gasteiger partial charge on any atom is 0.416 e. The van der Waals surface area contributed by atoms with Crippen LogP contribution in [0.4, 0.5) is 26.3 Å². The van der Waals surface area contributed by atoms with E-state index in [9.17, 15) is 26.3 Å². The molecule has 0 bridgehead atoms. The highest BCUT2D eigenvalue weighted by Crippen LogP contribution is 2.36. The minimum atomic E-state index is -4.81. The van der Waals surface area contributed by atoms with Gasteiger partial charge in [0, 0.05) is 39.4 Å². The topological polar surface area (TPSA) is 18.5 Å². The lowest BCUT2D eigenvalue weighted by atomic mass is 10.0. The van der Waals surface area contributed by atoms with Crippen LogP contribution in [0.3, 0.4) is 0 Å². The molecule has 1 aromatic carbocycles. The number of hydrogen-bond acceptors (Lipinski definition) is 3. The largest absolute Gasteiger partial charge is 0.416 e. The number of nitrogens with zero attached hydrogens (tertiary/aromatic N) is 2. The number of hydrogen-bond donors (Lipinski definition) is 1. The zero-order valence-electron chi connectivity index (χ0n) is 13.1. The molecule has 24 heavy (non-hydrogen) atoms. The van der Waals surface area contributed by atoms with Gasteiger partial charge >= 0.3 is 12.4 Å². The summed E-state index contributed by atoms with van der Waals surface area (Å²) < 4.78 is 76.7. The Bertz CT molecular complexity index is 515. The highest BCUT2D eigenvalue weighted by molar-refractivity contribution is 5.33. The van der Waals surface area contributed by atoms with Crippen LogP contribution in [0.25, 0.3) is 0 Å². The molecule has 1 heterocycles. The third-order valence-electron chi connectivity index (χ3n) is 3.91. The molecule has 0 amide bonds. The number of halogens is 6. The van der Waals surface area contributed by atoms with Gasteiger partial charge in [0.1, 0.15) is 0 Å². The predicted octanol–water partition coefficient (Wildman–Crippen LogP) is 3.02. The SMILES string of the molecule is CN1CCN(CNCc2cc(C(F)(F)F)cc(C(F)(F)F)c2)CC1. The van der Waals surface area contributed by atoms with Gasteiger partial charge in [-0.3, -0.25) is 4.90 Å². The van der Waals surface area contributed by atoms with Crippen LogP contribution in [0, 0.1) is 0 Å². The number of alkyl halides is 6. The van der Waals surface area contributed by atoms with Gasteiger partial charge < -0.3 is 10.2 Å². The van der Waals surface area contributed by atoms with Gasteiger partial charge in [-0.2, -0.15) is 26.3 Å². The molecule has 0 unspecified atom stereocenters. The third-order valence-corrected chi connectivity index (χ3v) is 3.91. The van der Waals surface area contributed by atoms with E-state index in [0.29, 0.717) is 6.67 Å². The van der Waals surface area contributed by atoms with Gasteiger partial charge in [0.05, 0.1) is 11.1 Å². The number of piperazine rings is 1. The van der Waals surface area contributed by atoms with Crippen molar-refractivity contribution >= 4 is 0 Å². The molecule has 0 aliphatic carbocycles. The minimum absolute atomic E-state index is 0.0359. The first-order valence-electron chi connectivity index (χ1n) is 7.45. The summed E-state index contributed by atoms with van der Waals surface area (Å²) in [4.78, 5) is 4.22. The molecule has 0 aromatic heterocycles. The Morgan fingerprint density at radius 1 is 0.875 bits per heavy atom. The fourth-order valence-corrected chi connectivity index (χ4v) is 2.49. The van der Waals surface area contributed by atoms with Crippen molar-refractivity contribution in [2.75, 3.05) is 39.9 Å². The maximum atomic E-state index is 12.8. The van der Waals surface area contributed by atoms with Crippen LogP contribution in [0.1, 0.15) is 16.7 Å². The molecule has 0 spiro atoms. The second kappa shape index (κ2) is 7.28. The fraction of sp³-hybridized carbons (Fsp3) is 0.600. The van der Waals surface area contributed by atoms with E-state index in [2.05, 4.69) is 15.1 Å². The fourth-order valence-electron chi connectivity index (χ4n) is 2.49. The van der Waals surface area contributed by atoms with E-state index >= 15 is 0 Å². The van der Waals surface area contributed by atoms with Gasteiger partial charge in [0.2, 0.25) is 0 Å². The first-order valence-corrected chi connectivity index (χ1v) is 7.45. The molecule has 1 aliphatic heterocycles. The number of nitrogens with one attached hydrogen (secondary N) is 1. The van der Waals surface area contributed by atoms with Crippen molar-refractivity contribution in [3.63, 3.8) is 0 Å². The van der Waals surface area contributed by atoms with E-state index < -0.39 is 23.5 Å². The molecule has 1 saturated heterocycles. The Balaban J connectivity index is 2.03. The molecular formula is C15H19F6N3.